The van der Waals surface area contributed by atoms with Gasteiger partial charge in [0.1, 0.15) is 6.61 Å². The van der Waals surface area contributed by atoms with Gasteiger partial charge in [0, 0.05) is 6.07 Å². The molecular formula is C14H10N2O6. The first-order valence-corrected chi connectivity index (χ1v) is 6.11. The number of nitro benzene ring substituents is 2. The number of hydrogen-bond acceptors (Lipinski definition) is 6. The van der Waals surface area contributed by atoms with Crippen LogP contribution in [0.25, 0.3) is 0 Å². The van der Waals surface area contributed by atoms with Gasteiger partial charge in [0.2, 0.25) is 5.75 Å². The first-order chi connectivity index (χ1) is 10.5. The van der Waals surface area contributed by atoms with E-state index in [2.05, 4.69) is 0 Å². The standard InChI is InChI=1S/C14H10N2O6/c17-8-11-6-12(15(18)19)7-13(16(20)21)14(11)22-9-10-4-2-1-3-5-10/h1-8H,9H2. The van der Waals surface area contributed by atoms with Crippen molar-refractivity contribution in [2.24, 2.45) is 0 Å². The molecule has 0 aliphatic carbocycles. The summed E-state index contributed by atoms with van der Waals surface area (Å²) in [5, 5.41) is 21.8. The highest BCUT2D eigenvalue weighted by Gasteiger charge is 2.25. The van der Waals surface area contributed by atoms with Crippen molar-refractivity contribution in [2.75, 3.05) is 0 Å². The second-order valence-corrected chi connectivity index (χ2v) is 4.29. The van der Waals surface area contributed by atoms with E-state index in [9.17, 15) is 25.0 Å². The van der Waals surface area contributed by atoms with Crippen molar-refractivity contribution in [1.29, 1.82) is 0 Å². The minimum absolute atomic E-state index is 0.000328. The predicted octanol–water partition coefficient (Wildman–Crippen LogP) is 2.89. The normalized spacial score (nSPS) is 10.0. The van der Waals surface area contributed by atoms with E-state index in [1.54, 1.807) is 30.3 Å². The Balaban J connectivity index is 2.42. The molecule has 0 saturated carbocycles. The van der Waals surface area contributed by atoms with E-state index in [0.29, 0.717) is 6.29 Å². The lowest BCUT2D eigenvalue weighted by Gasteiger charge is -2.09. The average molecular weight is 302 g/mol. The summed E-state index contributed by atoms with van der Waals surface area (Å²) >= 11 is 0. The lowest BCUT2D eigenvalue weighted by atomic mass is 10.1. The van der Waals surface area contributed by atoms with Gasteiger partial charge in [0.05, 0.1) is 21.5 Å². The van der Waals surface area contributed by atoms with Gasteiger partial charge in [0.15, 0.2) is 6.29 Å². The summed E-state index contributed by atoms with van der Waals surface area (Å²) in [5.41, 5.74) is -0.656. The number of nitro groups is 2. The van der Waals surface area contributed by atoms with E-state index < -0.39 is 21.2 Å². The van der Waals surface area contributed by atoms with Crippen LogP contribution in [0.3, 0.4) is 0 Å². The highest BCUT2D eigenvalue weighted by atomic mass is 16.6. The summed E-state index contributed by atoms with van der Waals surface area (Å²) in [7, 11) is 0. The molecule has 0 unspecified atom stereocenters. The zero-order valence-corrected chi connectivity index (χ0v) is 11.2. The molecule has 0 spiro atoms. The fourth-order valence-electron chi connectivity index (χ4n) is 1.84. The molecule has 0 radical (unpaired) electrons. The first kappa shape index (κ1) is 15.1. The summed E-state index contributed by atoms with van der Waals surface area (Å²) in [6.45, 7) is 0.000328. The Kier molecular flexibility index (Phi) is 4.42. The molecule has 2 aromatic carbocycles. The first-order valence-electron chi connectivity index (χ1n) is 6.11. The SMILES string of the molecule is O=Cc1cc([N+](=O)[O-])cc([N+](=O)[O-])c1OCc1ccccc1. The van der Waals surface area contributed by atoms with Crippen LogP contribution in [0.4, 0.5) is 11.4 Å². The van der Waals surface area contributed by atoms with Gasteiger partial charge in [-0.15, -0.1) is 0 Å². The minimum Gasteiger partial charge on any atom is -0.481 e. The Hall–Kier alpha value is -3.29. The van der Waals surface area contributed by atoms with E-state index in [-0.39, 0.29) is 17.9 Å². The quantitative estimate of drug-likeness (QED) is 0.460. The largest absolute Gasteiger partial charge is 0.481 e. The van der Waals surface area contributed by atoms with E-state index in [0.717, 1.165) is 17.7 Å². The van der Waals surface area contributed by atoms with Crippen LogP contribution in [-0.2, 0) is 6.61 Å². The molecule has 112 valence electrons. The molecule has 0 aromatic heterocycles. The van der Waals surface area contributed by atoms with E-state index in [1.165, 1.54) is 0 Å². The van der Waals surface area contributed by atoms with Crippen LogP contribution in [0.1, 0.15) is 15.9 Å². The van der Waals surface area contributed by atoms with Crippen molar-refractivity contribution in [2.45, 2.75) is 6.61 Å². The van der Waals surface area contributed by atoms with Gasteiger partial charge in [-0.3, -0.25) is 25.0 Å². The Morgan fingerprint density at radius 3 is 2.27 bits per heavy atom. The molecule has 0 heterocycles. The van der Waals surface area contributed by atoms with Crippen molar-refractivity contribution in [3.05, 3.63) is 73.8 Å². The summed E-state index contributed by atoms with van der Waals surface area (Å²) in [5.74, 6) is -0.283. The number of nitrogens with zero attached hydrogens (tertiary/aromatic N) is 2. The van der Waals surface area contributed by atoms with Crippen LogP contribution in [0, 0.1) is 20.2 Å². The lowest BCUT2D eigenvalue weighted by Crippen LogP contribution is -2.03. The lowest BCUT2D eigenvalue weighted by molar-refractivity contribution is -0.394. The highest BCUT2D eigenvalue weighted by Crippen LogP contribution is 2.35. The van der Waals surface area contributed by atoms with Crippen molar-refractivity contribution in [3.63, 3.8) is 0 Å². The molecule has 22 heavy (non-hydrogen) atoms. The van der Waals surface area contributed by atoms with Crippen LogP contribution in [0.15, 0.2) is 42.5 Å². The van der Waals surface area contributed by atoms with E-state index in [4.69, 9.17) is 4.74 Å². The molecule has 8 heteroatoms. The Labute approximate surface area is 124 Å². The number of benzene rings is 2. The maximum atomic E-state index is 11.1. The van der Waals surface area contributed by atoms with Gasteiger partial charge < -0.3 is 4.74 Å². The zero-order valence-electron chi connectivity index (χ0n) is 11.2. The van der Waals surface area contributed by atoms with Crippen LogP contribution in [0.2, 0.25) is 0 Å². The van der Waals surface area contributed by atoms with Crippen LogP contribution >= 0.6 is 0 Å². The number of carbonyl (C=O) groups excluding carboxylic acids is 1. The molecular weight excluding hydrogens is 292 g/mol. The van der Waals surface area contributed by atoms with Gasteiger partial charge in [-0.05, 0) is 5.56 Å². The topological polar surface area (TPSA) is 113 Å². The summed E-state index contributed by atoms with van der Waals surface area (Å²) < 4.78 is 5.35. The van der Waals surface area contributed by atoms with Gasteiger partial charge in [0.25, 0.3) is 5.69 Å². The van der Waals surface area contributed by atoms with Crippen LogP contribution < -0.4 is 4.74 Å². The Bertz CT molecular complexity index is 730. The second kappa shape index (κ2) is 6.44. The van der Waals surface area contributed by atoms with Crippen molar-refractivity contribution >= 4 is 17.7 Å². The number of ether oxygens (including phenoxy) is 1. The molecule has 0 aliphatic rings. The Morgan fingerprint density at radius 1 is 1.05 bits per heavy atom. The molecule has 0 N–H and O–H groups in total. The summed E-state index contributed by atoms with van der Waals surface area (Å²) in [6.07, 6.45) is 0.292. The van der Waals surface area contributed by atoms with Gasteiger partial charge in [-0.2, -0.15) is 0 Å². The van der Waals surface area contributed by atoms with Crippen LogP contribution in [0.5, 0.6) is 5.75 Å². The fraction of sp³-hybridized carbons (Fsp3) is 0.0714. The monoisotopic (exact) mass is 302 g/mol. The molecule has 0 saturated heterocycles. The van der Waals surface area contributed by atoms with E-state index in [1.807, 2.05) is 0 Å². The molecule has 0 amide bonds. The number of hydrogen-bond donors (Lipinski definition) is 0. The third-order valence-corrected chi connectivity index (χ3v) is 2.84. The number of rotatable bonds is 6. The molecule has 0 atom stereocenters. The molecule has 0 aliphatic heterocycles. The zero-order chi connectivity index (χ0) is 16.1. The van der Waals surface area contributed by atoms with Crippen molar-refractivity contribution < 1.29 is 19.4 Å². The molecule has 0 bridgehead atoms. The maximum Gasteiger partial charge on any atom is 0.318 e. The second-order valence-electron chi connectivity index (χ2n) is 4.29. The van der Waals surface area contributed by atoms with Crippen molar-refractivity contribution in [3.8, 4) is 5.75 Å². The molecule has 8 nitrogen and oxygen atoms in total. The highest BCUT2D eigenvalue weighted by molar-refractivity contribution is 5.84. The third-order valence-electron chi connectivity index (χ3n) is 2.84. The summed E-state index contributed by atoms with van der Waals surface area (Å²) in [6, 6.07) is 10.5. The Morgan fingerprint density at radius 2 is 1.73 bits per heavy atom. The van der Waals surface area contributed by atoms with Gasteiger partial charge in [-0.25, -0.2) is 0 Å². The molecule has 2 rings (SSSR count). The smallest absolute Gasteiger partial charge is 0.318 e. The van der Waals surface area contributed by atoms with Crippen LogP contribution in [-0.4, -0.2) is 16.1 Å². The van der Waals surface area contributed by atoms with Gasteiger partial charge in [-0.1, -0.05) is 30.3 Å². The van der Waals surface area contributed by atoms with E-state index >= 15 is 0 Å². The predicted molar refractivity (Wildman–Crippen MR) is 75.9 cm³/mol. The van der Waals surface area contributed by atoms with Crippen molar-refractivity contribution in [1.82, 2.24) is 0 Å². The average Bonchev–Trinajstić information content (AvgIpc) is 2.52. The minimum atomic E-state index is -0.819. The number of aldehydes is 1. The fourth-order valence-corrected chi connectivity index (χ4v) is 1.84. The van der Waals surface area contributed by atoms with Gasteiger partial charge >= 0.3 is 5.69 Å². The third kappa shape index (κ3) is 3.23. The molecule has 2 aromatic rings. The molecule has 0 fully saturated rings. The maximum absolute atomic E-state index is 11.1. The number of carbonyl (C=O) groups is 1. The number of non-ortho nitro benzene ring substituents is 1. The summed E-state index contributed by atoms with van der Waals surface area (Å²) in [4.78, 5) is 31.3.